The number of pyridine rings is 1. The minimum absolute atomic E-state index is 0.0129. The zero-order valence-corrected chi connectivity index (χ0v) is 20.1. The summed E-state index contributed by atoms with van der Waals surface area (Å²) in [4.78, 5) is 36.9. The predicted molar refractivity (Wildman–Crippen MR) is 140 cm³/mol. The van der Waals surface area contributed by atoms with Crippen molar-refractivity contribution < 1.29 is 4.79 Å². The minimum Gasteiger partial charge on any atom is -0.348 e. The van der Waals surface area contributed by atoms with Gasteiger partial charge in [0.1, 0.15) is 21.9 Å². The maximum absolute atomic E-state index is 13.5. The number of amides is 1. The van der Waals surface area contributed by atoms with Gasteiger partial charge in [0, 0.05) is 17.4 Å². The SMILES string of the molecule is CCc1nc2c(sc3nc(-c4ccccc4)ccc32)c(=O)n1CC(=O)N[C@@H]1CCc2ccccc21. The molecule has 0 unspecified atom stereocenters. The molecule has 0 aliphatic heterocycles. The van der Waals surface area contributed by atoms with E-state index in [0.29, 0.717) is 22.5 Å². The average Bonchev–Trinajstić information content (AvgIpc) is 3.47. The lowest BCUT2D eigenvalue weighted by Gasteiger charge is -2.16. The fourth-order valence-electron chi connectivity index (χ4n) is 4.94. The van der Waals surface area contributed by atoms with Gasteiger partial charge in [-0.1, -0.05) is 61.5 Å². The van der Waals surface area contributed by atoms with E-state index in [1.165, 1.54) is 27.0 Å². The molecule has 7 heteroatoms. The van der Waals surface area contributed by atoms with Gasteiger partial charge in [-0.15, -0.1) is 11.3 Å². The largest absolute Gasteiger partial charge is 0.348 e. The molecule has 174 valence electrons. The molecule has 5 aromatic rings. The zero-order valence-electron chi connectivity index (χ0n) is 19.3. The molecule has 2 aromatic carbocycles. The molecule has 0 radical (unpaired) electrons. The summed E-state index contributed by atoms with van der Waals surface area (Å²) >= 11 is 1.34. The molecule has 1 amide bonds. The normalized spacial score (nSPS) is 14.9. The van der Waals surface area contributed by atoms with E-state index >= 15 is 0 Å². The molecule has 0 fully saturated rings. The van der Waals surface area contributed by atoms with Crippen LogP contribution in [0, 0.1) is 0 Å². The molecular weight excluding hydrogens is 456 g/mol. The number of nitrogens with one attached hydrogen (secondary N) is 1. The van der Waals surface area contributed by atoms with Crippen LogP contribution in [-0.2, 0) is 24.2 Å². The highest BCUT2D eigenvalue weighted by Gasteiger charge is 2.24. The first-order valence-corrected chi connectivity index (χ1v) is 12.7. The molecule has 3 heterocycles. The third-order valence-corrected chi connectivity index (χ3v) is 7.75. The summed E-state index contributed by atoms with van der Waals surface area (Å²) in [5, 5.41) is 4.00. The molecular formula is C28H24N4O2S. The predicted octanol–water partition coefficient (Wildman–Crippen LogP) is 5.04. The van der Waals surface area contributed by atoms with Crippen LogP contribution >= 0.6 is 11.3 Å². The monoisotopic (exact) mass is 480 g/mol. The Kier molecular flexibility index (Phi) is 5.41. The van der Waals surface area contributed by atoms with Crippen molar-refractivity contribution in [1.29, 1.82) is 0 Å². The fraction of sp³-hybridized carbons (Fsp3) is 0.214. The van der Waals surface area contributed by atoms with E-state index < -0.39 is 0 Å². The molecule has 0 bridgehead atoms. The molecule has 3 aromatic heterocycles. The van der Waals surface area contributed by atoms with E-state index in [2.05, 4.69) is 17.4 Å². The van der Waals surface area contributed by atoms with Gasteiger partial charge in [-0.25, -0.2) is 9.97 Å². The number of carbonyl (C=O) groups excluding carboxylic acids is 1. The number of rotatable bonds is 5. The van der Waals surface area contributed by atoms with Crippen LogP contribution in [0.5, 0.6) is 0 Å². The topological polar surface area (TPSA) is 76.9 Å². The first-order chi connectivity index (χ1) is 17.1. The van der Waals surface area contributed by atoms with Crippen LogP contribution in [0.15, 0.2) is 71.5 Å². The number of hydrogen-bond donors (Lipinski definition) is 1. The Balaban J connectivity index is 1.35. The van der Waals surface area contributed by atoms with Crippen LogP contribution in [0.4, 0.5) is 0 Å². The fourth-order valence-corrected chi connectivity index (χ4v) is 6.01. The number of benzene rings is 2. The lowest BCUT2D eigenvalue weighted by molar-refractivity contribution is -0.122. The summed E-state index contributed by atoms with van der Waals surface area (Å²) in [7, 11) is 0. The molecule has 6 rings (SSSR count). The molecule has 1 aliphatic rings. The van der Waals surface area contributed by atoms with Crippen LogP contribution in [0.25, 0.3) is 31.7 Å². The molecule has 1 aliphatic carbocycles. The molecule has 0 spiro atoms. The summed E-state index contributed by atoms with van der Waals surface area (Å²) in [5.74, 6) is 0.437. The first kappa shape index (κ1) is 21.7. The van der Waals surface area contributed by atoms with Crippen molar-refractivity contribution in [2.24, 2.45) is 0 Å². The van der Waals surface area contributed by atoms with E-state index in [4.69, 9.17) is 9.97 Å². The highest BCUT2D eigenvalue weighted by Crippen LogP contribution is 2.32. The third-order valence-electron chi connectivity index (χ3n) is 6.68. The van der Waals surface area contributed by atoms with E-state index in [1.54, 1.807) is 0 Å². The minimum atomic E-state index is -0.182. The van der Waals surface area contributed by atoms with Crippen molar-refractivity contribution in [3.8, 4) is 11.3 Å². The summed E-state index contributed by atoms with van der Waals surface area (Å²) in [6.45, 7) is 1.91. The third kappa shape index (κ3) is 3.82. The quantitative estimate of drug-likeness (QED) is 0.382. The van der Waals surface area contributed by atoms with Crippen LogP contribution in [0.1, 0.15) is 36.3 Å². The lowest BCUT2D eigenvalue weighted by Crippen LogP contribution is -2.35. The second kappa shape index (κ2) is 8.74. The standard InChI is InChI=1S/C28H24N4O2S/c1-2-23-31-25-20-13-15-21(18-9-4-3-5-10-18)30-27(20)35-26(25)28(34)32(23)16-24(33)29-22-14-12-17-8-6-7-11-19(17)22/h3-11,13,15,22H,2,12,14,16H2,1H3,(H,29,33)/t22-/m1/s1. The van der Waals surface area contributed by atoms with Crippen LogP contribution < -0.4 is 10.9 Å². The number of thiophene rings is 1. The van der Waals surface area contributed by atoms with Crippen LogP contribution in [0.2, 0.25) is 0 Å². The Hall–Kier alpha value is -3.84. The number of nitrogens with zero attached hydrogens (tertiary/aromatic N) is 3. The van der Waals surface area contributed by atoms with Crippen molar-refractivity contribution in [1.82, 2.24) is 19.9 Å². The van der Waals surface area contributed by atoms with E-state index in [-0.39, 0.29) is 24.1 Å². The molecule has 6 nitrogen and oxygen atoms in total. The first-order valence-electron chi connectivity index (χ1n) is 11.9. The Morgan fingerprint density at radius 3 is 2.69 bits per heavy atom. The maximum Gasteiger partial charge on any atom is 0.272 e. The molecule has 0 saturated heterocycles. The van der Waals surface area contributed by atoms with Crippen LogP contribution in [-0.4, -0.2) is 20.4 Å². The van der Waals surface area contributed by atoms with Gasteiger partial charge in [0.2, 0.25) is 5.91 Å². The number of aromatic nitrogens is 3. The van der Waals surface area contributed by atoms with Gasteiger partial charge >= 0.3 is 0 Å². The number of hydrogen-bond acceptors (Lipinski definition) is 5. The highest BCUT2D eigenvalue weighted by molar-refractivity contribution is 7.25. The van der Waals surface area contributed by atoms with Gasteiger partial charge in [-0.3, -0.25) is 14.2 Å². The number of aryl methyl sites for hydroxylation is 2. The summed E-state index contributed by atoms with van der Waals surface area (Å²) in [6.07, 6.45) is 2.38. The Morgan fingerprint density at radius 1 is 1.06 bits per heavy atom. The summed E-state index contributed by atoms with van der Waals surface area (Å²) in [5.41, 5.74) is 4.81. The van der Waals surface area contributed by atoms with Gasteiger partial charge in [-0.2, -0.15) is 0 Å². The molecule has 35 heavy (non-hydrogen) atoms. The molecule has 1 atom stereocenters. The van der Waals surface area contributed by atoms with Crippen molar-refractivity contribution >= 4 is 37.7 Å². The van der Waals surface area contributed by atoms with Crippen LogP contribution in [0.3, 0.4) is 0 Å². The van der Waals surface area contributed by atoms with Crippen molar-refractivity contribution in [2.45, 2.75) is 38.8 Å². The van der Waals surface area contributed by atoms with Gasteiger partial charge < -0.3 is 5.32 Å². The van der Waals surface area contributed by atoms with E-state index in [1.807, 2.05) is 61.5 Å². The number of fused-ring (bicyclic) bond motifs is 4. The van der Waals surface area contributed by atoms with Crippen molar-refractivity contribution in [3.63, 3.8) is 0 Å². The van der Waals surface area contributed by atoms with Gasteiger partial charge in [0.15, 0.2) is 0 Å². The Bertz CT molecular complexity index is 1640. The van der Waals surface area contributed by atoms with Gasteiger partial charge in [-0.05, 0) is 36.1 Å². The lowest BCUT2D eigenvalue weighted by atomic mass is 10.1. The molecule has 0 saturated carbocycles. The second-order valence-electron chi connectivity index (χ2n) is 8.83. The molecule has 1 N–H and O–H groups in total. The Labute approximate surface area is 206 Å². The maximum atomic E-state index is 13.5. The van der Waals surface area contributed by atoms with Crippen molar-refractivity contribution in [3.05, 3.63) is 94.0 Å². The second-order valence-corrected chi connectivity index (χ2v) is 9.82. The van der Waals surface area contributed by atoms with Gasteiger partial charge in [0.25, 0.3) is 5.56 Å². The summed E-state index contributed by atoms with van der Waals surface area (Å²) in [6, 6.07) is 22.1. The average molecular weight is 481 g/mol. The van der Waals surface area contributed by atoms with E-state index in [0.717, 1.165) is 34.3 Å². The highest BCUT2D eigenvalue weighted by atomic mass is 32.1. The number of carbonyl (C=O) groups is 1. The summed E-state index contributed by atoms with van der Waals surface area (Å²) < 4.78 is 2.06. The Morgan fingerprint density at radius 2 is 1.86 bits per heavy atom. The van der Waals surface area contributed by atoms with E-state index in [9.17, 15) is 9.59 Å². The van der Waals surface area contributed by atoms with Gasteiger partial charge in [0.05, 0.1) is 17.3 Å². The van der Waals surface area contributed by atoms with Crippen molar-refractivity contribution in [2.75, 3.05) is 0 Å². The zero-order chi connectivity index (χ0) is 23.9. The smallest absolute Gasteiger partial charge is 0.272 e.